The van der Waals surface area contributed by atoms with Crippen molar-refractivity contribution in [3.05, 3.63) is 69.6 Å². The number of fused-ring (bicyclic) bond motifs is 8. The number of nitrogens with zero attached hydrogens (tertiary/aromatic N) is 3. The fourth-order valence-corrected chi connectivity index (χ4v) is 6.72. The Morgan fingerprint density at radius 3 is 2.53 bits per heavy atom. The maximum absolute atomic E-state index is 15.6. The van der Waals surface area contributed by atoms with E-state index in [9.17, 15) is 4.79 Å². The number of carbonyl (C=O) groups is 1. The second kappa shape index (κ2) is 12.6. The molecule has 238 valence electrons. The summed E-state index contributed by atoms with van der Waals surface area (Å²) in [6.45, 7) is 10.9. The topological polar surface area (TPSA) is 74.5 Å². The maximum Gasteiger partial charge on any atom is 0.310 e. The quantitative estimate of drug-likeness (QED) is 0.175. The van der Waals surface area contributed by atoms with Crippen LogP contribution < -0.4 is 9.64 Å². The summed E-state index contributed by atoms with van der Waals surface area (Å²) in [6, 6.07) is 10.9. The van der Waals surface area contributed by atoms with Gasteiger partial charge in [0.1, 0.15) is 40.5 Å². The molecule has 6 bridgehead atoms. The first-order valence-corrected chi connectivity index (χ1v) is 15.7. The van der Waals surface area contributed by atoms with Crippen molar-refractivity contribution in [3.8, 4) is 28.1 Å². The SMILES string of the molecule is COC(=O)Cc1c(C)c(C)c2nc3c(Cl)n2c1N1CCC(C)(CC1)OCCOCCOc1cc(C)cc(F)c1-c1cccc-3c1. The molecule has 0 atom stereocenters. The van der Waals surface area contributed by atoms with Crippen molar-refractivity contribution in [1.82, 2.24) is 9.38 Å². The van der Waals surface area contributed by atoms with Crippen LogP contribution in [-0.4, -0.2) is 67.6 Å². The zero-order valence-corrected chi connectivity index (χ0v) is 27.2. The lowest BCUT2D eigenvalue weighted by Crippen LogP contribution is -2.45. The lowest BCUT2D eigenvalue weighted by atomic mass is 9.92. The van der Waals surface area contributed by atoms with E-state index in [2.05, 4.69) is 11.8 Å². The molecular weight excluding hydrogens is 597 g/mol. The van der Waals surface area contributed by atoms with E-state index in [0.29, 0.717) is 66.3 Å². The molecule has 10 heteroatoms. The second-order valence-electron chi connectivity index (χ2n) is 12.2. The number of hydrogen-bond acceptors (Lipinski definition) is 7. The van der Waals surface area contributed by atoms with Crippen molar-refractivity contribution in [2.45, 2.75) is 52.6 Å². The van der Waals surface area contributed by atoms with Gasteiger partial charge in [-0.3, -0.25) is 9.20 Å². The molecule has 3 aliphatic rings. The minimum Gasteiger partial charge on any atom is -0.490 e. The highest BCUT2D eigenvalue weighted by Gasteiger charge is 2.34. The summed E-state index contributed by atoms with van der Waals surface area (Å²) in [5.41, 5.74) is 6.21. The molecular formula is C35H39ClFN3O5. The highest BCUT2D eigenvalue weighted by Crippen LogP contribution is 2.41. The Bertz CT molecular complexity index is 1760. The summed E-state index contributed by atoms with van der Waals surface area (Å²) >= 11 is 7.27. The van der Waals surface area contributed by atoms with Crippen LogP contribution in [0.15, 0.2) is 36.4 Å². The van der Waals surface area contributed by atoms with E-state index in [1.54, 1.807) is 0 Å². The largest absolute Gasteiger partial charge is 0.490 e. The van der Waals surface area contributed by atoms with Gasteiger partial charge in [-0.2, -0.15) is 0 Å². The highest BCUT2D eigenvalue weighted by atomic mass is 35.5. The van der Waals surface area contributed by atoms with Gasteiger partial charge in [0.05, 0.1) is 44.5 Å². The molecule has 45 heavy (non-hydrogen) atoms. The molecule has 4 aromatic rings. The third-order valence-corrected chi connectivity index (χ3v) is 9.46. The first-order valence-electron chi connectivity index (χ1n) is 15.4. The van der Waals surface area contributed by atoms with Gasteiger partial charge in [0.15, 0.2) is 0 Å². The number of benzene rings is 2. The Hall–Kier alpha value is -3.66. The van der Waals surface area contributed by atoms with Gasteiger partial charge in [-0.15, -0.1) is 0 Å². The Morgan fingerprint density at radius 1 is 1.04 bits per heavy atom. The van der Waals surface area contributed by atoms with Crippen molar-refractivity contribution in [1.29, 1.82) is 0 Å². The summed E-state index contributed by atoms with van der Waals surface area (Å²) in [4.78, 5) is 20.0. The zero-order valence-electron chi connectivity index (χ0n) is 26.5. The molecule has 0 radical (unpaired) electrons. The van der Waals surface area contributed by atoms with Gasteiger partial charge in [-0.1, -0.05) is 29.8 Å². The third kappa shape index (κ3) is 6.01. The number of halogens is 2. The molecule has 3 aliphatic heterocycles. The Morgan fingerprint density at radius 2 is 1.78 bits per heavy atom. The number of carbonyl (C=O) groups excluding carboxylic acids is 1. The van der Waals surface area contributed by atoms with E-state index >= 15 is 4.39 Å². The van der Waals surface area contributed by atoms with E-state index in [4.69, 9.17) is 35.5 Å². The number of esters is 1. The standard InChI is InChI=1S/C35H39ClFN3O5/c1-21-17-27(37)30-24-7-6-8-25(19-24)31-32(36)40-33(38-31)23(3)22(2)26(20-29(41)42-5)34(40)39-11-9-35(4,10-12-39)45-16-14-43-13-15-44-28(30)18-21/h6-8,17-19H,9-16,20H2,1-5H3. The van der Waals surface area contributed by atoms with Crippen LogP contribution in [0.1, 0.15) is 42.0 Å². The van der Waals surface area contributed by atoms with Crippen LogP contribution in [-0.2, 0) is 25.4 Å². The van der Waals surface area contributed by atoms with Crippen LogP contribution in [0, 0.1) is 26.6 Å². The molecule has 0 amide bonds. The molecule has 1 saturated heterocycles. The summed E-state index contributed by atoms with van der Waals surface area (Å²) in [6.07, 6.45) is 1.67. The number of rotatable bonds is 2. The summed E-state index contributed by atoms with van der Waals surface area (Å²) in [5, 5.41) is 0.420. The minimum absolute atomic E-state index is 0.102. The molecule has 7 rings (SSSR count). The Labute approximate surface area is 268 Å². The number of imidazole rings is 1. The number of anilines is 1. The molecule has 0 saturated carbocycles. The summed E-state index contributed by atoms with van der Waals surface area (Å²) in [5.74, 6) is 0.572. The van der Waals surface area contributed by atoms with E-state index < -0.39 is 0 Å². The van der Waals surface area contributed by atoms with Gasteiger partial charge in [0.2, 0.25) is 0 Å². The number of piperidine rings is 1. The van der Waals surface area contributed by atoms with Crippen LogP contribution in [0.5, 0.6) is 5.75 Å². The van der Waals surface area contributed by atoms with E-state index in [0.717, 1.165) is 46.5 Å². The van der Waals surface area contributed by atoms with Crippen LogP contribution in [0.4, 0.5) is 10.2 Å². The van der Waals surface area contributed by atoms with E-state index in [1.807, 2.05) is 55.5 Å². The lowest BCUT2D eigenvalue weighted by Gasteiger charge is -2.41. The fourth-order valence-electron chi connectivity index (χ4n) is 6.41. The van der Waals surface area contributed by atoms with Crippen molar-refractivity contribution >= 4 is 29.0 Å². The second-order valence-corrected chi connectivity index (χ2v) is 12.5. The average Bonchev–Trinajstić information content (AvgIpc) is 3.36. The molecule has 0 N–H and O–H groups in total. The fraction of sp³-hybridized carbons (Fsp3) is 0.429. The van der Waals surface area contributed by atoms with Gasteiger partial charge in [-0.05, 0) is 81.0 Å². The molecule has 0 aliphatic carbocycles. The first-order chi connectivity index (χ1) is 21.6. The first kappa shape index (κ1) is 31.3. The number of aromatic nitrogens is 2. The van der Waals surface area contributed by atoms with Crippen LogP contribution in [0.3, 0.4) is 0 Å². The smallest absolute Gasteiger partial charge is 0.310 e. The van der Waals surface area contributed by atoms with Crippen LogP contribution in [0.25, 0.3) is 28.0 Å². The van der Waals surface area contributed by atoms with Gasteiger partial charge in [0, 0.05) is 24.2 Å². The maximum atomic E-state index is 15.6. The average molecular weight is 636 g/mol. The number of pyridine rings is 1. The zero-order chi connectivity index (χ0) is 31.9. The number of aryl methyl sites for hydroxylation is 2. The summed E-state index contributed by atoms with van der Waals surface area (Å²) in [7, 11) is 1.40. The van der Waals surface area contributed by atoms with Crippen LogP contribution in [0.2, 0.25) is 5.15 Å². The molecule has 2 aromatic carbocycles. The van der Waals surface area contributed by atoms with Crippen molar-refractivity contribution in [3.63, 3.8) is 0 Å². The third-order valence-electron chi connectivity index (χ3n) is 9.11. The van der Waals surface area contributed by atoms with Gasteiger partial charge >= 0.3 is 5.97 Å². The Balaban J connectivity index is 1.57. The van der Waals surface area contributed by atoms with Crippen molar-refractivity contribution < 1.29 is 28.1 Å². The number of hydrogen-bond donors (Lipinski definition) is 0. The predicted octanol–water partition coefficient (Wildman–Crippen LogP) is 6.89. The molecule has 5 heterocycles. The molecule has 8 nitrogen and oxygen atoms in total. The highest BCUT2D eigenvalue weighted by molar-refractivity contribution is 6.32. The number of methoxy groups -OCH3 is 1. The molecule has 0 spiro atoms. The normalized spacial score (nSPS) is 16.8. The van der Waals surface area contributed by atoms with Crippen molar-refractivity contribution in [2.24, 2.45) is 0 Å². The predicted molar refractivity (Wildman–Crippen MR) is 173 cm³/mol. The van der Waals surface area contributed by atoms with Crippen LogP contribution >= 0.6 is 11.6 Å². The monoisotopic (exact) mass is 635 g/mol. The van der Waals surface area contributed by atoms with Gasteiger partial charge in [-0.25, -0.2) is 9.37 Å². The molecule has 0 unspecified atom stereocenters. The minimum atomic E-state index is -0.377. The lowest BCUT2D eigenvalue weighted by molar-refractivity contribution is -0.139. The molecule has 2 aromatic heterocycles. The Kier molecular flexibility index (Phi) is 8.78. The molecule has 1 fully saturated rings. The van der Waals surface area contributed by atoms with Gasteiger partial charge < -0.3 is 23.8 Å². The number of ether oxygens (including phenoxy) is 4. The van der Waals surface area contributed by atoms with Gasteiger partial charge in [0.25, 0.3) is 0 Å². The van der Waals surface area contributed by atoms with E-state index in [-0.39, 0.29) is 30.4 Å². The summed E-state index contributed by atoms with van der Waals surface area (Å²) < 4.78 is 40.9. The van der Waals surface area contributed by atoms with E-state index in [1.165, 1.54) is 13.2 Å². The van der Waals surface area contributed by atoms with Crippen molar-refractivity contribution in [2.75, 3.05) is 51.5 Å².